The molecule has 3 rings (SSSR count). The van der Waals surface area contributed by atoms with Gasteiger partial charge < -0.3 is 14.6 Å². The standard InChI is InChI=1S/C18H25NO3/c1-14(15-5-3-2-4-6-15)19-12-16-7-8-18(11-17(16)13-20)21-9-10-22-18/h2-6,12,14,16-17,20H,7-11,13H2,1H3/t14-,16?,17+/m1/s1. The first-order chi connectivity index (χ1) is 10.7. The van der Waals surface area contributed by atoms with Crippen LogP contribution >= 0.6 is 0 Å². The molecule has 0 bridgehead atoms. The van der Waals surface area contributed by atoms with E-state index >= 15 is 0 Å². The Labute approximate surface area is 132 Å². The molecule has 1 saturated carbocycles. The van der Waals surface area contributed by atoms with Gasteiger partial charge in [0.1, 0.15) is 0 Å². The summed E-state index contributed by atoms with van der Waals surface area (Å²) in [4.78, 5) is 4.71. The van der Waals surface area contributed by atoms with E-state index in [1.54, 1.807) is 0 Å². The molecule has 1 unspecified atom stereocenters. The Hall–Kier alpha value is -1.23. The highest BCUT2D eigenvalue weighted by molar-refractivity contribution is 5.62. The highest BCUT2D eigenvalue weighted by Crippen LogP contribution is 2.41. The summed E-state index contributed by atoms with van der Waals surface area (Å²) in [5.41, 5.74) is 1.22. The lowest BCUT2D eigenvalue weighted by atomic mass is 9.77. The number of aliphatic imine (C=N–C) groups is 1. The first-order valence-corrected chi connectivity index (χ1v) is 8.19. The first kappa shape index (κ1) is 15.7. The quantitative estimate of drug-likeness (QED) is 0.870. The zero-order valence-corrected chi connectivity index (χ0v) is 13.1. The Bertz CT molecular complexity index is 496. The number of nitrogens with zero attached hydrogens (tertiary/aromatic N) is 1. The Morgan fingerprint density at radius 3 is 2.73 bits per heavy atom. The SMILES string of the molecule is C[C@@H](N=CC1CCC2(C[C@H]1CO)OCCO2)c1ccccc1. The molecule has 120 valence electrons. The van der Waals surface area contributed by atoms with E-state index in [1.165, 1.54) is 5.56 Å². The van der Waals surface area contributed by atoms with Crippen LogP contribution in [-0.2, 0) is 9.47 Å². The molecule has 1 aliphatic heterocycles. The summed E-state index contributed by atoms with van der Waals surface area (Å²) in [6.07, 6.45) is 4.65. The van der Waals surface area contributed by atoms with Crippen LogP contribution in [0, 0.1) is 11.8 Å². The molecule has 1 aromatic rings. The minimum absolute atomic E-state index is 0.149. The van der Waals surface area contributed by atoms with Gasteiger partial charge in [-0.3, -0.25) is 4.99 Å². The van der Waals surface area contributed by atoms with Gasteiger partial charge in [0, 0.05) is 25.7 Å². The summed E-state index contributed by atoms with van der Waals surface area (Å²) in [7, 11) is 0. The third-order valence-electron chi connectivity index (χ3n) is 4.87. The largest absolute Gasteiger partial charge is 0.396 e. The molecule has 4 heteroatoms. The number of benzene rings is 1. The van der Waals surface area contributed by atoms with Crippen molar-refractivity contribution in [2.24, 2.45) is 16.8 Å². The van der Waals surface area contributed by atoms with E-state index < -0.39 is 5.79 Å². The van der Waals surface area contributed by atoms with Crippen LogP contribution in [0.3, 0.4) is 0 Å². The van der Waals surface area contributed by atoms with E-state index in [-0.39, 0.29) is 18.6 Å². The van der Waals surface area contributed by atoms with Crippen molar-refractivity contribution in [2.75, 3.05) is 19.8 Å². The lowest BCUT2D eigenvalue weighted by Crippen LogP contribution is -2.42. The minimum Gasteiger partial charge on any atom is -0.396 e. The van der Waals surface area contributed by atoms with Gasteiger partial charge in [0.05, 0.1) is 19.3 Å². The summed E-state index contributed by atoms with van der Waals surface area (Å²) in [6.45, 7) is 3.60. The smallest absolute Gasteiger partial charge is 0.168 e. The van der Waals surface area contributed by atoms with Crippen molar-refractivity contribution in [1.29, 1.82) is 0 Å². The molecule has 2 aliphatic rings. The molecular weight excluding hydrogens is 278 g/mol. The van der Waals surface area contributed by atoms with Crippen molar-refractivity contribution in [3.05, 3.63) is 35.9 Å². The van der Waals surface area contributed by atoms with Crippen molar-refractivity contribution in [1.82, 2.24) is 0 Å². The van der Waals surface area contributed by atoms with Gasteiger partial charge in [0.2, 0.25) is 0 Å². The third-order valence-corrected chi connectivity index (χ3v) is 4.87. The molecule has 22 heavy (non-hydrogen) atoms. The van der Waals surface area contributed by atoms with Gasteiger partial charge in [-0.25, -0.2) is 0 Å². The maximum Gasteiger partial charge on any atom is 0.168 e. The van der Waals surface area contributed by atoms with Crippen LogP contribution in [0.4, 0.5) is 0 Å². The molecule has 3 atom stereocenters. The summed E-state index contributed by atoms with van der Waals surface area (Å²) in [5.74, 6) is 0.0242. The average Bonchev–Trinajstić information content (AvgIpc) is 3.02. The van der Waals surface area contributed by atoms with E-state index in [0.29, 0.717) is 19.1 Å². The maximum atomic E-state index is 9.71. The predicted octanol–water partition coefficient (Wildman–Crippen LogP) is 2.97. The summed E-state index contributed by atoms with van der Waals surface area (Å²) in [6, 6.07) is 10.4. The van der Waals surface area contributed by atoms with Crippen molar-refractivity contribution < 1.29 is 14.6 Å². The number of aliphatic hydroxyl groups excluding tert-OH is 1. The molecule has 0 radical (unpaired) electrons. The lowest BCUT2D eigenvalue weighted by Gasteiger charge is -2.39. The van der Waals surface area contributed by atoms with Gasteiger partial charge in [0.15, 0.2) is 5.79 Å². The predicted molar refractivity (Wildman–Crippen MR) is 85.9 cm³/mol. The second kappa shape index (κ2) is 6.90. The van der Waals surface area contributed by atoms with Crippen molar-refractivity contribution >= 4 is 6.21 Å². The Morgan fingerprint density at radius 2 is 2.05 bits per heavy atom. The number of rotatable bonds is 4. The third kappa shape index (κ3) is 3.40. The molecule has 1 N–H and O–H groups in total. The fourth-order valence-corrected chi connectivity index (χ4v) is 3.49. The topological polar surface area (TPSA) is 51.1 Å². The highest BCUT2D eigenvalue weighted by atomic mass is 16.7. The van der Waals surface area contributed by atoms with Gasteiger partial charge in [-0.15, -0.1) is 0 Å². The normalized spacial score (nSPS) is 29.2. The van der Waals surface area contributed by atoms with Gasteiger partial charge in [-0.05, 0) is 30.7 Å². The van der Waals surface area contributed by atoms with E-state index in [9.17, 15) is 5.11 Å². The van der Waals surface area contributed by atoms with Gasteiger partial charge in [0.25, 0.3) is 0 Å². The molecule has 1 heterocycles. The number of hydrogen-bond acceptors (Lipinski definition) is 4. The summed E-state index contributed by atoms with van der Waals surface area (Å²) >= 11 is 0. The summed E-state index contributed by atoms with van der Waals surface area (Å²) in [5, 5.41) is 9.71. The van der Waals surface area contributed by atoms with Gasteiger partial charge >= 0.3 is 0 Å². The van der Waals surface area contributed by atoms with Crippen LogP contribution in [0.1, 0.15) is 37.8 Å². The monoisotopic (exact) mass is 303 g/mol. The fourth-order valence-electron chi connectivity index (χ4n) is 3.49. The zero-order chi connectivity index (χ0) is 15.4. The molecule has 4 nitrogen and oxygen atoms in total. The van der Waals surface area contributed by atoms with Crippen LogP contribution in [-0.4, -0.2) is 36.9 Å². The highest BCUT2D eigenvalue weighted by Gasteiger charge is 2.44. The van der Waals surface area contributed by atoms with Gasteiger partial charge in [-0.1, -0.05) is 30.3 Å². The molecule has 1 aromatic carbocycles. The summed E-state index contributed by atoms with van der Waals surface area (Å²) < 4.78 is 11.6. The van der Waals surface area contributed by atoms with Crippen LogP contribution in [0.5, 0.6) is 0 Å². The van der Waals surface area contributed by atoms with Crippen LogP contribution in [0.25, 0.3) is 0 Å². The molecule has 2 fully saturated rings. The van der Waals surface area contributed by atoms with Gasteiger partial charge in [-0.2, -0.15) is 0 Å². The molecule has 1 spiro atoms. The molecule has 0 amide bonds. The molecular formula is C18H25NO3. The van der Waals surface area contributed by atoms with Crippen molar-refractivity contribution in [3.8, 4) is 0 Å². The Kier molecular flexibility index (Phi) is 4.91. The lowest BCUT2D eigenvalue weighted by molar-refractivity contribution is -0.193. The number of aliphatic hydroxyl groups is 1. The van der Waals surface area contributed by atoms with Crippen molar-refractivity contribution in [2.45, 2.75) is 38.0 Å². The first-order valence-electron chi connectivity index (χ1n) is 8.19. The number of ether oxygens (including phenoxy) is 2. The van der Waals surface area contributed by atoms with E-state index in [0.717, 1.165) is 19.3 Å². The average molecular weight is 303 g/mol. The fraction of sp³-hybridized carbons (Fsp3) is 0.611. The molecule has 1 saturated heterocycles. The maximum absolute atomic E-state index is 9.71. The number of hydrogen-bond donors (Lipinski definition) is 1. The van der Waals surface area contributed by atoms with Crippen molar-refractivity contribution in [3.63, 3.8) is 0 Å². The minimum atomic E-state index is -0.442. The second-order valence-electron chi connectivity index (χ2n) is 6.34. The Balaban J connectivity index is 1.63. The Morgan fingerprint density at radius 1 is 1.32 bits per heavy atom. The molecule has 1 aliphatic carbocycles. The van der Waals surface area contributed by atoms with E-state index in [2.05, 4.69) is 19.1 Å². The van der Waals surface area contributed by atoms with Crippen LogP contribution in [0.2, 0.25) is 0 Å². The van der Waals surface area contributed by atoms with E-state index in [4.69, 9.17) is 14.5 Å². The molecule has 0 aromatic heterocycles. The second-order valence-corrected chi connectivity index (χ2v) is 6.34. The zero-order valence-electron chi connectivity index (χ0n) is 13.1. The van der Waals surface area contributed by atoms with Crippen LogP contribution in [0.15, 0.2) is 35.3 Å². The van der Waals surface area contributed by atoms with Crippen LogP contribution < -0.4 is 0 Å². The van der Waals surface area contributed by atoms with E-state index in [1.807, 2.05) is 24.4 Å².